The summed E-state index contributed by atoms with van der Waals surface area (Å²) in [7, 11) is 0. The number of hydrogen-bond acceptors (Lipinski definition) is 5. The molecule has 3 aromatic rings. The maximum atomic E-state index is 13.5. The lowest BCUT2D eigenvalue weighted by atomic mass is 10.1. The Balaban J connectivity index is 1.75. The molecule has 1 heterocycles. The van der Waals surface area contributed by atoms with Gasteiger partial charge in [-0.15, -0.1) is 0 Å². The van der Waals surface area contributed by atoms with Crippen LogP contribution in [-0.4, -0.2) is 16.1 Å². The molecule has 0 aliphatic carbocycles. The molecule has 0 fully saturated rings. The smallest absolute Gasteiger partial charge is 0.343 e. The lowest BCUT2D eigenvalue weighted by Crippen LogP contribution is -2.09. The summed E-state index contributed by atoms with van der Waals surface area (Å²) in [6.07, 6.45) is 0. The summed E-state index contributed by atoms with van der Waals surface area (Å²) in [5, 5.41) is 3.81. The Morgan fingerprint density at radius 3 is 2.48 bits per heavy atom. The zero-order valence-electron chi connectivity index (χ0n) is 12.5. The van der Waals surface area contributed by atoms with E-state index in [9.17, 15) is 9.18 Å². The fourth-order valence-corrected chi connectivity index (χ4v) is 1.97. The molecule has 3 rings (SSSR count). The van der Waals surface area contributed by atoms with Crippen molar-refractivity contribution in [2.24, 2.45) is 0 Å². The number of rotatable bonds is 3. The second-order valence-electron chi connectivity index (χ2n) is 5.01. The lowest BCUT2D eigenvalue weighted by molar-refractivity contribution is 0.0734. The number of aromatic nitrogens is 2. The van der Waals surface area contributed by atoms with Crippen molar-refractivity contribution in [1.29, 1.82) is 0 Å². The van der Waals surface area contributed by atoms with Crippen molar-refractivity contribution in [2.45, 2.75) is 13.8 Å². The number of esters is 1. The van der Waals surface area contributed by atoms with Gasteiger partial charge in [0.05, 0.1) is 5.56 Å². The molecule has 0 saturated heterocycles. The van der Waals surface area contributed by atoms with E-state index in [-0.39, 0.29) is 5.56 Å². The molecule has 0 aliphatic heterocycles. The predicted molar refractivity (Wildman–Crippen MR) is 80.6 cm³/mol. The number of ether oxygens (including phenoxy) is 1. The van der Waals surface area contributed by atoms with Crippen LogP contribution in [0.5, 0.6) is 5.75 Å². The van der Waals surface area contributed by atoms with Crippen LogP contribution in [0.1, 0.15) is 21.8 Å². The predicted octanol–water partition coefficient (Wildman–Crippen LogP) is 3.71. The standard InChI is InChI=1S/C17H13FN2O3/c1-10-3-4-13(9-15(10)18)17(21)22-14-7-5-12(6-8-14)16-19-11(2)23-20-16/h3-9H,1-2H3. The summed E-state index contributed by atoms with van der Waals surface area (Å²) in [5.74, 6) is 0.215. The molecule has 1 aromatic heterocycles. The molecule has 5 nitrogen and oxygen atoms in total. The fraction of sp³-hybridized carbons (Fsp3) is 0.118. The van der Waals surface area contributed by atoms with Crippen LogP contribution in [0.25, 0.3) is 11.4 Å². The van der Waals surface area contributed by atoms with Gasteiger partial charge in [-0.3, -0.25) is 0 Å². The fourth-order valence-electron chi connectivity index (χ4n) is 1.97. The summed E-state index contributed by atoms with van der Waals surface area (Å²) in [4.78, 5) is 16.1. The Morgan fingerprint density at radius 1 is 1.13 bits per heavy atom. The van der Waals surface area contributed by atoms with Crippen molar-refractivity contribution in [3.05, 3.63) is 65.3 Å². The van der Waals surface area contributed by atoms with E-state index in [1.54, 1.807) is 38.1 Å². The zero-order valence-corrected chi connectivity index (χ0v) is 12.5. The van der Waals surface area contributed by atoms with E-state index < -0.39 is 11.8 Å². The maximum Gasteiger partial charge on any atom is 0.343 e. The molecule has 0 amide bonds. The van der Waals surface area contributed by atoms with Crippen molar-refractivity contribution < 1.29 is 18.4 Å². The minimum atomic E-state index is -0.618. The van der Waals surface area contributed by atoms with Crippen LogP contribution in [0.3, 0.4) is 0 Å². The van der Waals surface area contributed by atoms with Crippen LogP contribution in [-0.2, 0) is 0 Å². The minimum absolute atomic E-state index is 0.158. The number of halogens is 1. The molecule has 0 N–H and O–H groups in total. The van der Waals surface area contributed by atoms with Gasteiger partial charge in [-0.25, -0.2) is 9.18 Å². The maximum absolute atomic E-state index is 13.5. The second kappa shape index (κ2) is 6.00. The zero-order chi connectivity index (χ0) is 16.4. The molecular formula is C17H13FN2O3. The lowest BCUT2D eigenvalue weighted by Gasteiger charge is -2.05. The number of aryl methyl sites for hydroxylation is 2. The van der Waals surface area contributed by atoms with Gasteiger partial charge in [0.15, 0.2) is 0 Å². The van der Waals surface area contributed by atoms with E-state index in [1.807, 2.05) is 0 Å². The first-order valence-corrected chi connectivity index (χ1v) is 6.92. The van der Waals surface area contributed by atoms with E-state index in [0.717, 1.165) is 11.6 Å². The van der Waals surface area contributed by atoms with Crippen molar-refractivity contribution in [3.63, 3.8) is 0 Å². The largest absolute Gasteiger partial charge is 0.423 e. The molecular weight excluding hydrogens is 299 g/mol. The summed E-state index contributed by atoms with van der Waals surface area (Å²) in [5.41, 5.74) is 1.37. The Hall–Kier alpha value is -3.02. The Bertz CT molecular complexity index is 857. The Labute approximate surface area is 131 Å². The van der Waals surface area contributed by atoms with Gasteiger partial charge in [0.1, 0.15) is 11.6 Å². The highest BCUT2D eigenvalue weighted by atomic mass is 19.1. The van der Waals surface area contributed by atoms with E-state index in [0.29, 0.717) is 23.0 Å². The first-order valence-electron chi connectivity index (χ1n) is 6.92. The van der Waals surface area contributed by atoms with Crippen LogP contribution in [0.15, 0.2) is 47.0 Å². The summed E-state index contributed by atoms with van der Waals surface area (Å²) >= 11 is 0. The molecule has 0 saturated carbocycles. The van der Waals surface area contributed by atoms with Gasteiger partial charge < -0.3 is 9.26 Å². The van der Waals surface area contributed by atoms with Gasteiger partial charge in [-0.2, -0.15) is 4.98 Å². The molecule has 0 aliphatic rings. The molecule has 0 atom stereocenters. The Kier molecular flexibility index (Phi) is 3.89. The third kappa shape index (κ3) is 3.26. The third-order valence-corrected chi connectivity index (χ3v) is 3.26. The first-order chi connectivity index (χ1) is 11.0. The molecule has 2 aromatic carbocycles. The normalized spacial score (nSPS) is 10.6. The number of carbonyl (C=O) groups is 1. The number of hydrogen-bond donors (Lipinski definition) is 0. The number of nitrogens with zero attached hydrogens (tertiary/aromatic N) is 2. The topological polar surface area (TPSA) is 65.2 Å². The summed E-state index contributed by atoms with van der Waals surface area (Å²) in [6, 6.07) is 10.9. The number of benzene rings is 2. The highest BCUT2D eigenvalue weighted by molar-refractivity contribution is 5.91. The molecule has 116 valence electrons. The summed E-state index contributed by atoms with van der Waals surface area (Å²) in [6.45, 7) is 3.33. The van der Waals surface area contributed by atoms with Crippen molar-refractivity contribution in [1.82, 2.24) is 10.1 Å². The molecule has 23 heavy (non-hydrogen) atoms. The monoisotopic (exact) mass is 312 g/mol. The van der Waals surface area contributed by atoms with Crippen LogP contribution in [0.2, 0.25) is 0 Å². The van der Waals surface area contributed by atoms with E-state index in [2.05, 4.69) is 10.1 Å². The highest BCUT2D eigenvalue weighted by Crippen LogP contribution is 2.21. The Morgan fingerprint density at radius 2 is 1.87 bits per heavy atom. The van der Waals surface area contributed by atoms with Gasteiger partial charge in [0.25, 0.3) is 0 Å². The quantitative estimate of drug-likeness (QED) is 0.545. The van der Waals surface area contributed by atoms with Crippen LogP contribution < -0.4 is 4.74 Å². The van der Waals surface area contributed by atoms with Crippen LogP contribution >= 0.6 is 0 Å². The van der Waals surface area contributed by atoms with Crippen LogP contribution in [0.4, 0.5) is 4.39 Å². The van der Waals surface area contributed by atoms with Crippen molar-refractivity contribution in [3.8, 4) is 17.1 Å². The SMILES string of the molecule is Cc1nc(-c2ccc(OC(=O)c3ccc(C)c(F)c3)cc2)no1. The molecule has 0 unspecified atom stereocenters. The van der Waals surface area contributed by atoms with E-state index in [1.165, 1.54) is 12.1 Å². The third-order valence-electron chi connectivity index (χ3n) is 3.26. The van der Waals surface area contributed by atoms with Crippen LogP contribution in [0, 0.1) is 19.7 Å². The van der Waals surface area contributed by atoms with Crippen molar-refractivity contribution >= 4 is 5.97 Å². The van der Waals surface area contributed by atoms with E-state index in [4.69, 9.17) is 9.26 Å². The molecule has 0 radical (unpaired) electrons. The van der Waals surface area contributed by atoms with E-state index >= 15 is 0 Å². The van der Waals surface area contributed by atoms with Gasteiger partial charge >= 0.3 is 5.97 Å². The first kappa shape index (κ1) is 14.9. The van der Waals surface area contributed by atoms with Gasteiger partial charge in [-0.1, -0.05) is 11.2 Å². The highest BCUT2D eigenvalue weighted by Gasteiger charge is 2.11. The number of carbonyl (C=O) groups excluding carboxylic acids is 1. The van der Waals surface area contributed by atoms with Gasteiger partial charge in [0.2, 0.25) is 11.7 Å². The van der Waals surface area contributed by atoms with Crippen molar-refractivity contribution in [2.75, 3.05) is 0 Å². The molecule has 6 heteroatoms. The average Bonchev–Trinajstić information content (AvgIpc) is 2.97. The van der Waals surface area contributed by atoms with Gasteiger partial charge in [0, 0.05) is 12.5 Å². The van der Waals surface area contributed by atoms with Gasteiger partial charge in [-0.05, 0) is 48.9 Å². The average molecular weight is 312 g/mol. The second-order valence-corrected chi connectivity index (χ2v) is 5.01. The summed E-state index contributed by atoms with van der Waals surface area (Å²) < 4.78 is 23.6. The molecule has 0 spiro atoms. The molecule has 0 bridgehead atoms. The minimum Gasteiger partial charge on any atom is -0.423 e.